The fourth-order valence-corrected chi connectivity index (χ4v) is 2.86. The summed E-state index contributed by atoms with van der Waals surface area (Å²) in [6.07, 6.45) is 0.692. The van der Waals surface area contributed by atoms with Crippen LogP contribution in [0.15, 0.2) is 65.7 Å². The summed E-state index contributed by atoms with van der Waals surface area (Å²) in [5, 5.41) is 9.20. The van der Waals surface area contributed by atoms with E-state index in [2.05, 4.69) is 30.9 Å². The molecule has 2 amide bonds. The van der Waals surface area contributed by atoms with Gasteiger partial charge in [-0.25, -0.2) is 14.8 Å². The molecule has 0 aliphatic rings. The maximum Gasteiger partial charge on any atom is 0.326 e. The predicted molar refractivity (Wildman–Crippen MR) is 121 cm³/mol. The van der Waals surface area contributed by atoms with Crippen LogP contribution in [0.1, 0.15) is 17.0 Å². The first-order valence-corrected chi connectivity index (χ1v) is 9.87. The van der Waals surface area contributed by atoms with Gasteiger partial charge in [-0.1, -0.05) is 41.9 Å². The van der Waals surface area contributed by atoms with Gasteiger partial charge in [-0.3, -0.25) is 15.6 Å². The molecule has 0 atom stereocenters. The normalized spacial score (nSPS) is 11.1. The number of aliphatic imine (C=N–C) groups is 1. The third-order valence-electron chi connectivity index (χ3n) is 4.06. The van der Waals surface area contributed by atoms with E-state index in [4.69, 9.17) is 11.6 Å². The first-order chi connectivity index (χ1) is 14.5. The minimum absolute atomic E-state index is 0.266. The van der Waals surface area contributed by atoms with E-state index < -0.39 is 6.03 Å². The van der Waals surface area contributed by atoms with Gasteiger partial charge in [0.05, 0.1) is 0 Å². The fourth-order valence-electron chi connectivity index (χ4n) is 2.74. The summed E-state index contributed by atoms with van der Waals surface area (Å²) in [7, 11) is 0. The molecule has 0 radical (unpaired) electrons. The molecule has 154 valence electrons. The number of urea groups is 1. The lowest BCUT2D eigenvalue weighted by Gasteiger charge is -2.12. The molecule has 0 bridgehead atoms. The molecule has 0 saturated heterocycles. The number of aromatic nitrogens is 2. The monoisotopic (exact) mass is 422 g/mol. The maximum atomic E-state index is 12.4. The van der Waals surface area contributed by atoms with E-state index in [0.717, 1.165) is 17.0 Å². The van der Waals surface area contributed by atoms with Crippen LogP contribution in [-0.2, 0) is 6.42 Å². The summed E-state index contributed by atoms with van der Waals surface area (Å²) in [4.78, 5) is 25.6. The van der Waals surface area contributed by atoms with Gasteiger partial charge in [-0.15, -0.1) is 0 Å². The van der Waals surface area contributed by atoms with Gasteiger partial charge in [0.25, 0.3) is 0 Å². The van der Waals surface area contributed by atoms with Gasteiger partial charge in [0.1, 0.15) is 0 Å². The van der Waals surface area contributed by atoms with Crippen molar-refractivity contribution in [2.75, 3.05) is 17.2 Å². The SMILES string of the molecule is Cc1cc(C)nc(NC(=NCCc2ccc(Cl)cc2)NC(=O)Nc2ccccc2)n1. The Morgan fingerprint density at radius 3 is 2.30 bits per heavy atom. The highest BCUT2D eigenvalue weighted by Crippen LogP contribution is 2.10. The molecular formula is C22H23ClN6O. The molecule has 3 rings (SSSR count). The lowest BCUT2D eigenvalue weighted by atomic mass is 10.1. The van der Waals surface area contributed by atoms with E-state index in [9.17, 15) is 4.79 Å². The third-order valence-corrected chi connectivity index (χ3v) is 4.31. The molecule has 30 heavy (non-hydrogen) atoms. The summed E-state index contributed by atoms with van der Waals surface area (Å²) in [5.74, 6) is 0.639. The number of amides is 2. The molecule has 0 aliphatic heterocycles. The molecule has 3 N–H and O–H groups in total. The second-order valence-corrected chi connectivity index (χ2v) is 7.09. The molecule has 0 fully saturated rings. The second-order valence-electron chi connectivity index (χ2n) is 6.65. The zero-order valence-corrected chi connectivity index (χ0v) is 17.6. The first-order valence-electron chi connectivity index (χ1n) is 9.49. The Bertz CT molecular complexity index is 1000. The average Bonchev–Trinajstić information content (AvgIpc) is 2.69. The van der Waals surface area contributed by atoms with Crippen molar-refractivity contribution in [3.05, 3.63) is 82.6 Å². The minimum Gasteiger partial charge on any atom is -0.308 e. The van der Waals surface area contributed by atoms with Crippen molar-refractivity contribution in [3.63, 3.8) is 0 Å². The molecular weight excluding hydrogens is 400 g/mol. The van der Waals surface area contributed by atoms with Crippen LogP contribution < -0.4 is 16.0 Å². The van der Waals surface area contributed by atoms with Crippen molar-refractivity contribution in [3.8, 4) is 0 Å². The van der Waals surface area contributed by atoms with Crippen LogP contribution in [-0.4, -0.2) is 28.5 Å². The molecule has 1 aromatic heterocycles. The predicted octanol–water partition coefficient (Wildman–Crippen LogP) is 4.58. The van der Waals surface area contributed by atoms with E-state index in [0.29, 0.717) is 29.6 Å². The molecule has 0 spiro atoms. The Balaban J connectivity index is 1.71. The molecule has 8 heteroatoms. The lowest BCUT2D eigenvalue weighted by Crippen LogP contribution is -2.39. The highest BCUT2D eigenvalue weighted by atomic mass is 35.5. The summed E-state index contributed by atoms with van der Waals surface area (Å²) < 4.78 is 0. The van der Waals surface area contributed by atoms with E-state index >= 15 is 0 Å². The fraction of sp³-hybridized carbons (Fsp3) is 0.182. The molecule has 2 aromatic carbocycles. The van der Waals surface area contributed by atoms with Crippen LogP contribution in [0, 0.1) is 13.8 Å². The Morgan fingerprint density at radius 2 is 1.63 bits per heavy atom. The van der Waals surface area contributed by atoms with Crippen molar-refractivity contribution in [2.24, 2.45) is 4.99 Å². The molecule has 0 saturated carbocycles. The van der Waals surface area contributed by atoms with Gasteiger partial charge in [-0.05, 0) is 56.2 Å². The van der Waals surface area contributed by atoms with Crippen molar-refractivity contribution < 1.29 is 4.79 Å². The van der Waals surface area contributed by atoms with E-state index in [1.807, 2.05) is 62.4 Å². The number of hydrogen-bond acceptors (Lipinski definition) is 4. The molecule has 0 unspecified atom stereocenters. The Kier molecular flexibility index (Phi) is 7.34. The van der Waals surface area contributed by atoms with Crippen LogP contribution in [0.5, 0.6) is 0 Å². The topological polar surface area (TPSA) is 91.3 Å². The van der Waals surface area contributed by atoms with Crippen LogP contribution in [0.2, 0.25) is 5.02 Å². The standard InChI is InChI=1S/C22H23ClN6O/c1-15-14-16(2)26-21(25-15)28-20(24-13-12-17-8-10-18(23)11-9-17)29-22(30)27-19-6-4-3-5-7-19/h3-11,14H,12-13H2,1-2H3,(H3,24,25,26,27,28,29,30). The molecule has 1 heterocycles. The number of nitrogens with one attached hydrogen (secondary N) is 3. The van der Waals surface area contributed by atoms with Crippen LogP contribution in [0.4, 0.5) is 16.4 Å². The van der Waals surface area contributed by atoms with E-state index in [1.165, 1.54) is 0 Å². The highest BCUT2D eigenvalue weighted by molar-refractivity contribution is 6.30. The van der Waals surface area contributed by atoms with Crippen LogP contribution in [0.3, 0.4) is 0 Å². The van der Waals surface area contributed by atoms with Gasteiger partial charge in [0.15, 0.2) is 0 Å². The molecule has 3 aromatic rings. The lowest BCUT2D eigenvalue weighted by molar-refractivity contribution is 0.256. The van der Waals surface area contributed by atoms with Crippen molar-refractivity contribution in [1.29, 1.82) is 0 Å². The Morgan fingerprint density at radius 1 is 0.967 bits per heavy atom. The average molecular weight is 423 g/mol. The van der Waals surface area contributed by atoms with Gasteiger partial charge in [-0.2, -0.15) is 0 Å². The number of aryl methyl sites for hydroxylation is 2. The number of rotatable bonds is 5. The number of carbonyl (C=O) groups excluding carboxylic acids is 1. The zero-order chi connectivity index (χ0) is 21.3. The molecule has 0 aliphatic carbocycles. The number of para-hydroxylation sites is 1. The maximum absolute atomic E-state index is 12.4. The number of halogens is 1. The highest BCUT2D eigenvalue weighted by Gasteiger charge is 2.09. The smallest absolute Gasteiger partial charge is 0.308 e. The summed E-state index contributed by atoms with van der Waals surface area (Å²) in [5.41, 5.74) is 3.41. The van der Waals surface area contributed by atoms with Crippen LogP contribution in [0.25, 0.3) is 0 Å². The van der Waals surface area contributed by atoms with Crippen molar-refractivity contribution in [2.45, 2.75) is 20.3 Å². The number of nitrogens with zero attached hydrogens (tertiary/aromatic N) is 3. The van der Waals surface area contributed by atoms with Gasteiger partial charge in [0.2, 0.25) is 11.9 Å². The number of benzene rings is 2. The number of anilines is 2. The largest absolute Gasteiger partial charge is 0.326 e. The van der Waals surface area contributed by atoms with Crippen molar-refractivity contribution >= 4 is 35.2 Å². The van der Waals surface area contributed by atoms with Gasteiger partial charge < -0.3 is 5.32 Å². The van der Waals surface area contributed by atoms with Gasteiger partial charge >= 0.3 is 6.03 Å². The van der Waals surface area contributed by atoms with Crippen LogP contribution >= 0.6 is 11.6 Å². The van der Waals surface area contributed by atoms with Gasteiger partial charge in [0, 0.05) is 28.6 Å². The number of guanidine groups is 1. The Hall–Kier alpha value is -3.45. The van der Waals surface area contributed by atoms with Crippen molar-refractivity contribution in [1.82, 2.24) is 15.3 Å². The third kappa shape index (κ3) is 6.86. The van der Waals surface area contributed by atoms with E-state index in [-0.39, 0.29) is 5.96 Å². The molecule has 7 nitrogen and oxygen atoms in total. The number of carbonyl (C=O) groups is 1. The second kappa shape index (κ2) is 10.4. The summed E-state index contributed by atoms with van der Waals surface area (Å²) >= 11 is 5.93. The zero-order valence-electron chi connectivity index (χ0n) is 16.8. The summed E-state index contributed by atoms with van der Waals surface area (Å²) in [6, 6.07) is 18.2. The Labute approximate surface area is 180 Å². The van der Waals surface area contributed by atoms with E-state index in [1.54, 1.807) is 12.1 Å². The quantitative estimate of drug-likeness (QED) is 0.414. The summed E-state index contributed by atoms with van der Waals surface area (Å²) in [6.45, 7) is 4.22. The number of hydrogen-bond donors (Lipinski definition) is 3. The minimum atomic E-state index is -0.414. The first kappa shape index (κ1) is 21.3.